The topological polar surface area (TPSA) is 133 Å². The third-order valence-electron chi connectivity index (χ3n) is 5.21. The van der Waals surface area contributed by atoms with Crippen LogP contribution in [-0.4, -0.2) is 55.8 Å². The number of carbonyl (C=O) groups is 1. The molecule has 0 saturated carbocycles. The molecule has 186 valence electrons. The zero-order valence-electron chi connectivity index (χ0n) is 19.0. The number of pyridine rings is 1. The minimum atomic E-state index is -4.64. The van der Waals surface area contributed by atoms with Gasteiger partial charge in [0.05, 0.1) is 17.9 Å². The lowest BCUT2D eigenvalue weighted by molar-refractivity contribution is -0.137. The maximum absolute atomic E-state index is 13.2. The van der Waals surface area contributed by atoms with Crippen molar-refractivity contribution in [2.45, 2.75) is 32.0 Å². The van der Waals surface area contributed by atoms with Crippen LogP contribution >= 0.6 is 0 Å². The van der Waals surface area contributed by atoms with E-state index in [0.29, 0.717) is 11.9 Å². The second kappa shape index (κ2) is 8.57. The van der Waals surface area contributed by atoms with Crippen molar-refractivity contribution in [1.82, 2.24) is 34.6 Å². The molecule has 1 N–H and O–H groups in total. The molecule has 11 nitrogen and oxygen atoms in total. The summed E-state index contributed by atoms with van der Waals surface area (Å²) in [6.07, 6.45) is -3.96. The third-order valence-corrected chi connectivity index (χ3v) is 6.85. The number of nitrogens with zero attached hydrogens (tertiary/aromatic N) is 6. The Hall–Kier alpha value is -3.59. The summed E-state index contributed by atoms with van der Waals surface area (Å²) in [5.41, 5.74) is 1.43. The van der Waals surface area contributed by atoms with Crippen LogP contribution < -0.4 is 5.48 Å². The predicted octanol–water partition coefficient (Wildman–Crippen LogP) is 2.48. The first-order valence-electron chi connectivity index (χ1n) is 10.3. The number of imidazole rings is 1. The third kappa shape index (κ3) is 4.20. The van der Waals surface area contributed by atoms with E-state index in [0.717, 1.165) is 6.07 Å². The Balaban J connectivity index is 2.05. The molecule has 0 aliphatic carbocycles. The molecule has 0 fully saturated rings. The van der Waals surface area contributed by atoms with Crippen LogP contribution in [0.2, 0.25) is 0 Å². The summed E-state index contributed by atoms with van der Waals surface area (Å²) in [7, 11) is -2.46. The van der Waals surface area contributed by atoms with Crippen molar-refractivity contribution in [3.05, 3.63) is 35.3 Å². The molecule has 4 aromatic heterocycles. The first kappa shape index (κ1) is 24.5. The van der Waals surface area contributed by atoms with Gasteiger partial charge in [0.15, 0.2) is 26.2 Å². The number of amides is 1. The van der Waals surface area contributed by atoms with E-state index in [2.05, 4.69) is 25.5 Å². The minimum absolute atomic E-state index is 0.0203. The summed E-state index contributed by atoms with van der Waals surface area (Å²) < 4.78 is 68.1. The number of sulfone groups is 1. The van der Waals surface area contributed by atoms with Gasteiger partial charge in [0, 0.05) is 18.9 Å². The lowest BCUT2D eigenvalue weighted by Crippen LogP contribution is -2.25. The molecule has 0 saturated heterocycles. The molecule has 0 atom stereocenters. The molecule has 0 aliphatic heterocycles. The number of aryl methyl sites for hydroxylation is 2. The van der Waals surface area contributed by atoms with Gasteiger partial charge in [0.25, 0.3) is 5.91 Å². The van der Waals surface area contributed by atoms with E-state index in [-0.39, 0.29) is 51.3 Å². The number of alkyl halides is 3. The van der Waals surface area contributed by atoms with Crippen molar-refractivity contribution in [2.75, 3.05) is 12.4 Å². The first-order chi connectivity index (χ1) is 16.4. The number of nitrogens with one attached hydrogen (secondary N) is 1. The molecule has 0 aromatic carbocycles. The van der Waals surface area contributed by atoms with Crippen molar-refractivity contribution in [2.24, 2.45) is 7.05 Å². The second-order valence-corrected chi connectivity index (χ2v) is 9.72. The molecular weight excluding hydrogens is 491 g/mol. The van der Waals surface area contributed by atoms with Crippen molar-refractivity contribution in [1.29, 1.82) is 0 Å². The van der Waals surface area contributed by atoms with Crippen molar-refractivity contribution in [3.63, 3.8) is 0 Å². The Morgan fingerprint density at radius 3 is 2.51 bits per heavy atom. The fourth-order valence-electron chi connectivity index (χ4n) is 3.46. The van der Waals surface area contributed by atoms with Gasteiger partial charge in [-0.3, -0.25) is 9.63 Å². The van der Waals surface area contributed by atoms with Gasteiger partial charge in [-0.25, -0.2) is 33.4 Å². The summed E-state index contributed by atoms with van der Waals surface area (Å²) in [6, 6.07) is 2.22. The zero-order chi connectivity index (χ0) is 25.7. The standard InChI is InChI=1S/C20H20F3N7O4S/c1-5-34-28-18(31)13-7-10(3)30-17(26-13)14(19(27-30)35(32,33)6-2)16-25-12-8-11(20(21,22)23)9-24-15(12)29(16)4/h7-9H,5-6H2,1-4H3,(H,28,31). The van der Waals surface area contributed by atoms with E-state index >= 15 is 0 Å². The zero-order valence-corrected chi connectivity index (χ0v) is 19.8. The Morgan fingerprint density at radius 1 is 1.17 bits per heavy atom. The van der Waals surface area contributed by atoms with Gasteiger partial charge in [-0.15, -0.1) is 0 Å². The molecule has 0 bridgehead atoms. The Kier molecular flexibility index (Phi) is 6.00. The number of aromatic nitrogens is 6. The molecule has 0 spiro atoms. The quantitative estimate of drug-likeness (QED) is 0.391. The van der Waals surface area contributed by atoms with Crippen molar-refractivity contribution in [3.8, 4) is 11.4 Å². The molecule has 4 heterocycles. The molecule has 15 heteroatoms. The Morgan fingerprint density at radius 2 is 1.89 bits per heavy atom. The van der Waals surface area contributed by atoms with Gasteiger partial charge in [-0.2, -0.15) is 18.3 Å². The molecule has 4 aromatic rings. The van der Waals surface area contributed by atoms with Gasteiger partial charge in [0.1, 0.15) is 22.6 Å². The predicted molar refractivity (Wildman–Crippen MR) is 117 cm³/mol. The van der Waals surface area contributed by atoms with Gasteiger partial charge < -0.3 is 4.57 Å². The molecule has 0 radical (unpaired) electrons. The number of hydroxylamine groups is 1. The summed E-state index contributed by atoms with van der Waals surface area (Å²) in [5.74, 6) is -1.00. The number of rotatable bonds is 6. The van der Waals surface area contributed by atoms with Gasteiger partial charge in [-0.05, 0) is 26.0 Å². The number of hydrogen-bond acceptors (Lipinski definition) is 8. The highest BCUT2D eigenvalue weighted by molar-refractivity contribution is 7.91. The number of halogens is 3. The normalized spacial score (nSPS) is 12.5. The fraction of sp³-hybridized carbons (Fsp3) is 0.350. The summed E-state index contributed by atoms with van der Waals surface area (Å²) in [5, 5.41) is 3.84. The smallest absolute Gasteiger partial charge is 0.312 e. The van der Waals surface area contributed by atoms with Crippen LogP contribution in [0.15, 0.2) is 23.4 Å². The van der Waals surface area contributed by atoms with Crippen LogP contribution in [0.25, 0.3) is 28.2 Å². The first-order valence-corrected chi connectivity index (χ1v) is 12.0. The van der Waals surface area contributed by atoms with Gasteiger partial charge in [0.2, 0.25) is 0 Å². The van der Waals surface area contributed by atoms with Crippen LogP contribution in [0.5, 0.6) is 0 Å². The highest BCUT2D eigenvalue weighted by Crippen LogP contribution is 2.35. The van der Waals surface area contributed by atoms with E-state index in [1.165, 1.54) is 29.1 Å². The fourth-order valence-corrected chi connectivity index (χ4v) is 4.43. The molecule has 0 unspecified atom stereocenters. The number of fused-ring (bicyclic) bond motifs is 2. The van der Waals surface area contributed by atoms with E-state index in [9.17, 15) is 26.4 Å². The highest BCUT2D eigenvalue weighted by Gasteiger charge is 2.33. The average Bonchev–Trinajstić information content (AvgIpc) is 3.35. The Labute approximate surface area is 196 Å². The molecule has 1 amide bonds. The van der Waals surface area contributed by atoms with Gasteiger partial charge >= 0.3 is 6.18 Å². The minimum Gasteiger partial charge on any atom is -0.312 e. The number of hydrogen-bond donors (Lipinski definition) is 1. The lowest BCUT2D eigenvalue weighted by atomic mass is 10.2. The maximum Gasteiger partial charge on any atom is 0.417 e. The highest BCUT2D eigenvalue weighted by atomic mass is 32.2. The van der Waals surface area contributed by atoms with Gasteiger partial charge in [-0.1, -0.05) is 6.92 Å². The SMILES string of the molecule is CCONC(=O)c1cc(C)n2nc(S(=O)(=O)CC)c(-c3nc4cc(C(F)(F)F)cnc4n3C)c2n1. The summed E-state index contributed by atoms with van der Waals surface area (Å²) in [6.45, 7) is 4.90. The maximum atomic E-state index is 13.2. The van der Waals surface area contributed by atoms with Crippen LogP contribution in [-0.2, 0) is 27.9 Å². The van der Waals surface area contributed by atoms with E-state index in [1.54, 1.807) is 13.8 Å². The molecule has 35 heavy (non-hydrogen) atoms. The second-order valence-electron chi connectivity index (χ2n) is 7.52. The van der Waals surface area contributed by atoms with E-state index in [1.807, 2.05) is 0 Å². The molecular formula is C20H20F3N7O4S. The Bertz CT molecular complexity index is 1580. The van der Waals surface area contributed by atoms with Crippen LogP contribution in [0, 0.1) is 6.92 Å². The molecule has 0 aliphatic rings. The lowest BCUT2D eigenvalue weighted by Gasteiger charge is -2.07. The van der Waals surface area contributed by atoms with Crippen molar-refractivity contribution < 1.29 is 31.2 Å². The summed E-state index contributed by atoms with van der Waals surface area (Å²) in [4.78, 5) is 29.8. The average molecular weight is 511 g/mol. The van der Waals surface area contributed by atoms with Crippen LogP contribution in [0.3, 0.4) is 0 Å². The summed E-state index contributed by atoms with van der Waals surface area (Å²) >= 11 is 0. The van der Waals surface area contributed by atoms with E-state index < -0.39 is 27.5 Å². The molecule has 4 rings (SSSR count). The van der Waals surface area contributed by atoms with Crippen LogP contribution in [0.4, 0.5) is 13.2 Å². The monoisotopic (exact) mass is 511 g/mol. The van der Waals surface area contributed by atoms with Crippen molar-refractivity contribution >= 4 is 32.6 Å². The van der Waals surface area contributed by atoms with Crippen LogP contribution in [0.1, 0.15) is 35.6 Å². The van der Waals surface area contributed by atoms with E-state index in [4.69, 9.17) is 4.84 Å². The largest absolute Gasteiger partial charge is 0.417 e. The number of carbonyl (C=O) groups excluding carboxylic acids is 1.